The molecule has 1 unspecified atom stereocenters. The van der Waals surface area contributed by atoms with Gasteiger partial charge in [0.2, 0.25) is 10.0 Å². The highest BCUT2D eigenvalue weighted by atomic mass is 32.2. The molecule has 8 nitrogen and oxygen atoms in total. The van der Waals surface area contributed by atoms with E-state index in [1.165, 1.54) is 12.1 Å². The van der Waals surface area contributed by atoms with E-state index in [-0.39, 0.29) is 30.7 Å². The van der Waals surface area contributed by atoms with Gasteiger partial charge in [0.15, 0.2) is 0 Å². The van der Waals surface area contributed by atoms with E-state index < -0.39 is 16.0 Å². The molecule has 1 atom stereocenters. The van der Waals surface area contributed by atoms with E-state index in [1.54, 1.807) is 17.0 Å². The number of carboxylic acids is 1. The number of piperidine rings is 1. The molecule has 0 aliphatic carbocycles. The molecule has 0 saturated carbocycles. The van der Waals surface area contributed by atoms with Crippen molar-refractivity contribution < 1.29 is 23.1 Å². The van der Waals surface area contributed by atoms with E-state index in [0.717, 1.165) is 31.1 Å². The Morgan fingerprint density at radius 2 is 1.92 bits per heavy atom. The zero-order chi connectivity index (χ0) is 18.4. The van der Waals surface area contributed by atoms with Crippen molar-refractivity contribution in [3.05, 3.63) is 35.4 Å². The van der Waals surface area contributed by atoms with Crippen molar-refractivity contribution in [2.24, 2.45) is 0 Å². The van der Waals surface area contributed by atoms with E-state index in [0.29, 0.717) is 6.54 Å². The number of likely N-dealkylation sites (tertiary alicyclic amines) is 1. The molecule has 1 aliphatic heterocycles. The van der Waals surface area contributed by atoms with E-state index in [1.807, 2.05) is 0 Å². The summed E-state index contributed by atoms with van der Waals surface area (Å²) in [6.07, 6.45) is 3.69. The second-order valence-electron chi connectivity index (χ2n) is 6.12. The van der Waals surface area contributed by atoms with Gasteiger partial charge in [0.25, 0.3) is 0 Å². The highest BCUT2D eigenvalue weighted by Crippen LogP contribution is 2.17. The molecule has 0 radical (unpaired) electrons. The van der Waals surface area contributed by atoms with Gasteiger partial charge in [0.1, 0.15) is 0 Å². The SMILES string of the molecule is CS(=O)(=O)NCC1CCCCN1C(=O)NCc1ccc(C(=O)O)cc1. The number of aromatic carboxylic acids is 1. The third-order valence-electron chi connectivity index (χ3n) is 4.11. The first-order valence-electron chi connectivity index (χ1n) is 8.07. The molecule has 2 amide bonds. The number of carboxylic acid groups (broad SMARTS) is 1. The van der Waals surface area contributed by atoms with Crippen LogP contribution < -0.4 is 10.0 Å². The number of urea groups is 1. The van der Waals surface area contributed by atoms with Crippen LogP contribution in [0.15, 0.2) is 24.3 Å². The first-order valence-corrected chi connectivity index (χ1v) is 9.97. The van der Waals surface area contributed by atoms with E-state index >= 15 is 0 Å². The number of benzene rings is 1. The summed E-state index contributed by atoms with van der Waals surface area (Å²) in [5.74, 6) is -0.995. The molecule has 1 saturated heterocycles. The predicted molar refractivity (Wildman–Crippen MR) is 92.8 cm³/mol. The number of sulfonamides is 1. The maximum absolute atomic E-state index is 12.4. The third kappa shape index (κ3) is 6.02. The minimum atomic E-state index is -3.30. The van der Waals surface area contributed by atoms with Crippen molar-refractivity contribution in [1.82, 2.24) is 14.9 Å². The van der Waals surface area contributed by atoms with Crippen LogP contribution in [-0.2, 0) is 16.6 Å². The Balaban J connectivity index is 1.91. The molecule has 1 fully saturated rings. The lowest BCUT2D eigenvalue weighted by Gasteiger charge is -2.35. The summed E-state index contributed by atoms with van der Waals surface area (Å²) >= 11 is 0. The lowest BCUT2D eigenvalue weighted by atomic mass is 10.0. The third-order valence-corrected chi connectivity index (χ3v) is 4.80. The molecule has 1 aliphatic rings. The predicted octanol–water partition coefficient (Wildman–Crippen LogP) is 0.998. The molecule has 0 spiro atoms. The zero-order valence-corrected chi connectivity index (χ0v) is 14.9. The molecule has 3 N–H and O–H groups in total. The van der Waals surface area contributed by atoms with Crippen LogP contribution in [0.25, 0.3) is 0 Å². The topological polar surface area (TPSA) is 116 Å². The molecular weight excluding hydrogens is 346 g/mol. The summed E-state index contributed by atoms with van der Waals surface area (Å²) < 4.78 is 25.0. The Morgan fingerprint density at radius 1 is 1.24 bits per heavy atom. The van der Waals surface area contributed by atoms with Crippen LogP contribution in [-0.4, -0.2) is 55.8 Å². The summed E-state index contributed by atoms with van der Waals surface area (Å²) in [5, 5.41) is 11.7. The number of nitrogens with zero attached hydrogens (tertiary/aromatic N) is 1. The first kappa shape index (κ1) is 19.2. The standard InChI is InChI=1S/C16H23N3O5S/c1-25(23,24)18-11-14-4-2-3-9-19(14)16(22)17-10-12-5-7-13(8-6-12)15(20)21/h5-8,14,18H,2-4,9-11H2,1H3,(H,17,22)(H,20,21). The van der Waals surface area contributed by atoms with E-state index in [2.05, 4.69) is 10.0 Å². The van der Waals surface area contributed by atoms with Crippen molar-refractivity contribution in [2.75, 3.05) is 19.3 Å². The van der Waals surface area contributed by atoms with Gasteiger partial charge < -0.3 is 15.3 Å². The number of hydrogen-bond acceptors (Lipinski definition) is 4. The van der Waals surface area contributed by atoms with Gasteiger partial charge in [0.05, 0.1) is 11.8 Å². The summed E-state index contributed by atoms with van der Waals surface area (Å²) in [4.78, 5) is 24.9. The molecule has 1 aromatic carbocycles. The molecule has 9 heteroatoms. The monoisotopic (exact) mass is 369 g/mol. The number of carbonyl (C=O) groups excluding carboxylic acids is 1. The van der Waals surface area contributed by atoms with Gasteiger partial charge in [-0.3, -0.25) is 0 Å². The zero-order valence-electron chi connectivity index (χ0n) is 14.1. The lowest BCUT2D eigenvalue weighted by Crippen LogP contribution is -2.52. The Bertz CT molecular complexity index is 718. The van der Waals surface area contributed by atoms with Gasteiger partial charge in [0, 0.05) is 25.7 Å². The maximum atomic E-state index is 12.4. The number of hydrogen-bond donors (Lipinski definition) is 3. The smallest absolute Gasteiger partial charge is 0.335 e. The first-order chi connectivity index (χ1) is 11.8. The number of rotatable bonds is 6. The Kier molecular flexibility index (Phi) is 6.38. The van der Waals surface area contributed by atoms with Crippen molar-refractivity contribution >= 4 is 22.0 Å². The van der Waals surface area contributed by atoms with Crippen LogP contribution in [0.1, 0.15) is 35.2 Å². The molecule has 138 valence electrons. The Labute approximate surface area is 147 Å². The van der Waals surface area contributed by atoms with Crippen LogP contribution in [0, 0.1) is 0 Å². The van der Waals surface area contributed by atoms with Gasteiger partial charge in [-0.15, -0.1) is 0 Å². The highest BCUT2D eigenvalue weighted by Gasteiger charge is 2.27. The van der Waals surface area contributed by atoms with Gasteiger partial charge in [-0.2, -0.15) is 0 Å². The molecule has 25 heavy (non-hydrogen) atoms. The fourth-order valence-electron chi connectivity index (χ4n) is 2.77. The van der Waals surface area contributed by atoms with Gasteiger partial charge in [-0.05, 0) is 37.0 Å². The minimum absolute atomic E-state index is 0.169. The summed E-state index contributed by atoms with van der Waals surface area (Å²) in [6, 6.07) is 5.87. The summed E-state index contributed by atoms with van der Waals surface area (Å²) in [6.45, 7) is 1.07. The van der Waals surface area contributed by atoms with Gasteiger partial charge in [-0.1, -0.05) is 12.1 Å². The molecule has 1 heterocycles. The van der Waals surface area contributed by atoms with Crippen LogP contribution in [0.2, 0.25) is 0 Å². The second kappa shape index (κ2) is 8.30. The van der Waals surface area contributed by atoms with Gasteiger partial charge >= 0.3 is 12.0 Å². The maximum Gasteiger partial charge on any atom is 0.335 e. The normalized spacial score (nSPS) is 18.0. The van der Waals surface area contributed by atoms with Crippen molar-refractivity contribution in [1.29, 1.82) is 0 Å². The number of nitrogens with one attached hydrogen (secondary N) is 2. The van der Waals surface area contributed by atoms with Crippen molar-refractivity contribution in [3.8, 4) is 0 Å². The van der Waals surface area contributed by atoms with E-state index in [9.17, 15) is 18.0 Å². The van der Waals surface area contributed by atoms with Crippen molar-refractivity contribution in [3.63, 3.8) is 0 Å². The fraction of sp³-hybridized carbons (Fsp3) is 0.500. The van der Waals surface area contributed by atoms with E-state index in [4.69, 9.17) is 5.11 Å². The quantitative estimate of drug-likeness (QED) is 0.692. The summed E-state index contributed by atoms with van der Waals surface area (Å²) in [5.41, 5.74) is 0.985. The fourth-order valence-corrected chi connectivity index (χ4v) is 3.27. The molecular formula is C16H23N3O5S. The Hall–Kier alpha value is -2.13. The molecule has 2 rings (SSSR count). The van der Waals surface area contributed by atoms with Crippen LogP contribution >= 0.6 is 0 Å². The Morgan fingerprint density at radius 3 is 2.52 bits per heavy atom. The van der Waals surface area contributed by atoms with Crippen LogP contribution in [0.3, 0.4) is 0 Å². The summed E-state index contributed by atoms with van der Waals surface area (Å²) in [7, 11) is -3.30. The minimum Gasteiger partial charge on any atom is -0.478 e. The number of carbonyl (C=O) groups is 2. The molecule has 1 aromatic rings. The molecule has 0 bridgehead atoms. The second-order valence-corrected chi connectivity index (χ2v) is 7.96. The largest absolute Gasteiger partial charge is 0.478 e. The highest BCUT2D eigenvalue weighted by molar-refractivity contribution is 7.88. The van der Waals surface area contributed by atoms with Crippen LogP contribution in [0.4, 0.5) is 4.79 Å². The van der Waals surface area contributed by atoms with Crippen LogP contribution in [0.5, 0.6) is 0 Å². The number of amides is 2. The average molecular weight is 369 g/mol. The lowest BCUT2D eigenvalue weighted by molar-refractivity contribution is 0.0696. The molecule has 0 aromatic heterocycles. The average Bonchev–Trinajstić information content (AvgIpc) is 2.58. The van der Waals surface area contributed by atoms with Crippen molar-refractivity contribution in [2.45, 2.75) is 31.8 Å². The van der Waals surface area contributed by atoms with Gasteiger partial charge in [-0.25, -0.2) is 22.7 Å².